The smallest absolute Gasteiger partial charge is 0.331 e. The first-order chi connectivity index (χ1) is 16.5. The van der Waals surface area contributed by atoms with Crippen LogP contribution in [-0.2, 0) is 57.2 Å². The van der Waals surface area contributed by atoms with Crippen molar-refractivity contribution in [3.05, 3.63) is 49.6 Å². The summed E-state index contributed by atoms with van der Waals surface area (Å²) in [5.74, 6) is -4.88. The SMILES string of the molecule is C=CC(=O)OC(C)COC(=O)/C=C/C(=O)OCC(C)OC(=O)/C=C/C(=O)OCC(C)OC(=O)C=C. The van der Waals surface area contributed by atoms with Gasteiger partial charge in [-0.25, -0.2) is 28.8 Å². The Morgan fingerprint density at radius 3 is 1.06 bits per heavy atom. The highest BCUT2D eigenvalue weighted by molar-refractivity contribution is 5.92. The van der Waals surface area contributed by atoms with E-state index in [9.17, 15) is 28.8 Å². The van der Waals surface area contributed by atoms with Crippen LogP contribution < -0.4 is 0 Å². The zero-order chi connectivity index (χ0) is 26.8. The van der Waals surface area contributed by atoms with Gasteiger partial charge in [0.2, 0.25) is 0 Å². The monoisotopic (exact) mass is 496 g/mol. The molecular weight excluding hydrogens is 468 g/mol. The van der Waals surface area contributed by atoms with Crippen molar-refractivity contribution in [3.8, 4) is 0 Å². The minimum absolute atomic E-state index is 0.229. The fourth-order valence-corrected chi connectivity index (χ4v) is 1.85. The molecular formula is C23H28O12. The fourth-order valence-electron chi connectivity index (χ4n) is 1.85. The van der Waals surface area contributed by atoms with E-state index in [1.165, 1.54) is 20.8 Å². The second-order valence-electron chi connectivity index (χ2n) is 6.71. The molecule has 0 heterocycles. The molecule has 0 radical (unpaired) electrons. The number of esters is 6. The van der Waals surface area contributed by atoms with Crippen molar-refractivity contribution in [2.75, 3.05) is 19.8 Å². The number of ether oxygens (including phenoxy) is 6. The molecule has 192 valence electrons. The second kappa shape index (κ2) is 17.3. The summed E-state index contributed by atoms with van der Waals surface area (Å²) in [4.78, 5) is 68.5. The molecule has 0 bridgehead atoms. The molecule has 0 amide bonds. The van der Waals surface area contributed by atoms with E-state index >= 15 is 0 Å². The van der Waals surface area contributed by atoms with Gasteiger partial charge in [-0.3, -0.25) is 0 Å². The highest BCUT2D eigenvalue weighted by atomic mass is 16.6. The van der Waals surface area contributed by atoms with Gasteiger partial charge in [0.25, 0.3) is 0 Å². The van der Waals surface area contributed by atoms with Crippen LogP contribution in [0.1, 0.15) is 20.8 Å². The standard InChI is InChI=1S/C23H28O12/c1-6-18(24)33-15(3)12-30-20(26)8-9-21(27)32-14-17(5)35-23(29)11-10-22(28)31-13-16(4)34-19(25)7-2/h6-11,15-17H,1-2,12-14H2,3-5H3/b9-8+,11-10+. The maximum absolute atomic E-state index is 11.7. The largest absolute Gasteiger partial charge is 0.459 e. The Morgan fingerprint density at radius 1 is 0.514 bits per heavy atom. The molecule has 0 N–H and O–H groups in total. The van der Waals surface area contributed by atoms with Crippen molar-refractivity contribution < 1.29 is 57.2 Å². The highest BCUT2D eigenvalue weighted by Crippen LogP contribution is 1.99. The van der Waals surface area contributed by atoms with Crippen LogP contribution in [-0.4, -0.2) is 73.9 Å². The Balaban J connectivity index is 4.22. The van der Waals surface area contributed by atoms with Gasteiger partial charge in [-0.2, -0.15) is 0 Å². The molecule has 0 aromatic carbocycles. The summed E-state index contributed by atoms with van der Waals surface area (Å²) in [5.41, 5.74) is 0. The Labute approximate surface area is 202 Å². The van der Waals surface area contributed by atoms with Gasteiger partial charge in [0.15, 0.2) is 0 Å². The Kier molecular flexibility index (Phi) is 15.2. The predicted octanol–water partition coefficient (Wildman–Crippen LogP) is 0.896. The Hall–Kier alpha value is -4.22. The summed E-state index contributed by atoms with van der Waals surface area (Å²) in [6.45, 7) is 10.1. The lowest BCUT2D eigenvalue weighted by molar-refractivity contribution is -0.152. The van der Waals surface area contributed by atoms with Crippen LogP contribution in [0.5, 0.6) is 0 Å². The van der Waals surface area contributed by atoms with Crippen LogP contribution in [0.15, 0.2) is 49.6 Å². The summed E-state index contributed by atoms with van der Waals surface area (Å²) in [6.07, 6.45) is 2.89. The maximum atomic E-state index is 11.7. The lowest BCUT2D eigenvalue weighted by Crippen LogP contribution is -2.22. The third-order valence-electron chi connectivity index (χ3n) is 3.38. The summed E-state index contributed by atoms with van der Waals surface area (Å²) >= 11 is 0. The van der Waals surface area contributed by atoms with Gasteiger partial charge in [-0.1, -0.05) is 13.2 Å². The van der Waals surface area contributed by atoms with Gasteiger partial charge < -0.3 is 28.4 Å². The first kappa shape index (κ1) is 30.8. The summed E-state index contributed by atoms with van der Waals surface area (Å²) < 4.78 is 28.9. The number of carbonyl (C=O) groups excluding carboxylic acids is 6. The van der Waals surface area contributed by atoms with Crippen molar-refractivity contribution in [2.24, 2.45) is 0 Å². The van der Waals surface area contributed by atoms with Gasteiger partial charge in [-0.05, 0) is 20.8 Å². The van der Waals surface area contributed by atoms with Crippen LogP contribution >= 0.6 is 0 Å². The van der Waals surface area contributed by atoms with Gasteiger partial charge in [0.1, 0.15) is 38.1 Å². The third kappa shape index (κ3) is 17.0. The summed E-state index contributed by atoms with van der Waals surface area (Å²) in [7, 11) is 0. The lowest BCUT2D eigenvalue weighted by atomic mass is 10.4. The Morgan fingerprint density at radius 2 is 0.771 bits per heavy atom. The van der Waals surface area contributed by atoms with Crippen molar-refractivity contribution in [1.29, 1.82) is 0 Å². The minimum Gasteiger partial charge on any atom is -0.459 e. The van der Waals surface area contributed by atoms with E-state index in [1.807, 2.05) is 0 Å². The molecule has 3 atom stereocenters. The normalized spacial score (nSPS) is 13.1. The molecule has 0 fully saturated rings. The second-order valence-corrected chi connectivity index (χ2v) is 6.71. The van der Waals surface area contributed by atoms with E-state index in [0.717, 1.165) is 36.5 Å². The van der Waals surface area contributed by atoms with Crippen LogP contribution in [0.3, 0.4) is 0 Å². The molecule has 0 rings (SSSR count). The molecule has 0 aromatic heterocycles. The molecule has 35 heavy (non-hydrogen) atoms. The Bertz CT molecular complexity index is 855. The summed E-state index contributed by atoms with van der Waals surface area (Å²) in [6, 6.07) is 0. The van der Waals surface area contributed by atoms with Crippen LogP contribution in [0, 0.1) is 0 Å². The first-order valence-corrected chi connectivity index (χ1v) is 10.2. The van der Waals surface area contributed by atoms with Gasteiger partial charge in [0, 0.05) is 36.5 Å². The van der Waals surface area contributed by atoms with Crippen LogP contribution in [0.25, 0.3) is 0 Å². The van der Waals surface area contributed by atoms with Gasteiger partial charge in [-0.15, -0.1) is 0 Å². The average molecular weight is 496 g/mol. The number of hydrogen-bond donors (Lipinski definition) is 0. The molecule has 0 aromatic rings. The summed E-state index contributed by atoms with van der Waals surface area (Å²) in [5, 5.41) is 0. The molecule has 12 nitrogen and oxygen atoms in total. The zero-order valence-corrected chi connectivity index (χ0v) is 19.6. The highest BCUT2D eigenvalue weighted by Gasteiger charge is 2.13. The van der Waals surface area contributed by atoms with Crippen molar-refractivity contribution in [1.82, 2.24) is 0 Å². The fraction of sp³-hybridized carbons (Fsp3) is 0.391. The number of carbonyl (C=O) groups is 6. The van der Waals surface area contributed by atoms with Crippen molar-refractivity contribution >= 4 is 35.8 Å². The topological polar surface area (TPSA) is 158 Å². The first-order valence-electron chi connectivity index (χ1n) is 10.2. The van der Waals surface area contributed by atoms with E-state index in [4.69, 9.17) is 28.4 Å². The van der Waals surface area contributed by atoms with E-state index in [-0.39, 0.29) is 19.8 Å². The molecule has 0 saturated heterocycles. The van der Waals surface area contributed by atoms with Gasteiger partial charge >= 0.3 is 35.8 Å². The molecule has 0 aliphatic carbocycles. The van der Waals surface area contributed by atoms with Crippen LogP contribution in [0.2, 0.25) is 0 Å². The molecule has 0 spiro atoms. The van der Waals surface area contributed by atoms with E-state index in [1.54, 1.807) is 0 Å². The molecule has 0 saturated carbocycles. The maximum Gasteiger partial charge on any atom is 0.331 e. The molecule has 0 aliphatic heterocycles. The van der Waals surface area contributed by atoms with E-state index in [2.05, 4.69) is 13.2 Å². The van der Waals surface area contributed by atoms with E-state index in [0.29, 0.717) is 0 Å². The molecule has 0 aliphatic rings. The van der Waals surface area contributed by atoms with E-state index < -0.39 is 54.1 Å². The molecule has 12 heteroatoms. The number of hydrogen-bond acceptors (Lipinski definition) is 12. The third-order valence-corrected chi connectivity index (χ3v) is 3.38. The molecule has 3 unspecified atom stereocenters. The van der Waals surface area contributed by atoms with Crippen LogP contribution in [0.4, 0.5) is 0 Å². The number of rotatable bonds is 15. The zero-order valence-electron chi connectivity index (χ0n) is 19.6. The quantitative estimate of drug-likeness (QED) is 0.179. The average Bonchev–Trinajstić information content (AvgIpc) is 2.81. The lowest BCUT2D eigenvalue weighted by Gasteiger charge is -2.12. The van der Waals surface area contributed by atoms with Crippen molar-refractivity contribution in [3.63, 3.8) is 0 Å². The van der Waals surface area contributed by atoms with Crippen molar-refractivity contribution in [2.45, 2.75) is 39.1 Å². The predicted molar refractivity (Wildman–Crippen MR) is 118 cm³/mol. The minimum atomic E-state index is -0.902. The van der Waals surface area contributed by atoms with Gasteiger partial charge in [0.05, 0.1) is 0 Å².